The lowest BCUT2D eigenvalue weighted by Crippen LogP contribution is -2.40. The Bertz CT molecular complexity index is 978. The van der Waals surface area contributed by atoms with Gasteiger partial charge in [-0.05, 0) is 37.5 Å². The first-order valence-electron chi connectivity index (χ1n) is 9.23. The molecule has 1 saturated heterocycles. The van der Waals surface area contributed by atoms with E-state index in [1.807, 2.05) is 55.5 Å². The smallest absolute Gasteiger partial charge is 0.410 e. The number of hydrogen-bond donors (Lipinski definition) is 1. The lowest BCUT2D eigenvalue weighted by Gasteiger charge is -2.23. The van der Waals surface area contributed by atoms with Crippen molar-refractivity contribution in [2.75, 3.05) is 6.54 Å². The maximum absolute atomic E-state index is 13.2. The Morgan fingerprint density at radius 1 is 1.19 bits per heavy atom. The second-order valence-electron chi connectivity index (χ2n) is 7.01. The summed E-state index contributed by atoms with van der Waals surface area (Å²) in [6, 6.07) is 15.1. The summed E-state index contributed by atoms with van der Waals surface area (Å²) in [6.07, 6.45) is 2.79. The molecule has 1 fully saturated rings. The number of nitrogens with one attached hydrogen (secondary N) is 1. The molecule has 1 amide bonds. The Balaban J connectivity index is 1.51. The molecule has 1 aliphatic heterocycles. The van der Waals surface area contributed by atoms with E-state index in [-0.39, 0.29) is 12.4 Å². The number of aryl methyl sites for hydroxylation is 1. The predicted octanol–water partition coefficient (Wildman–Crippen LogP) is 4.46. The first kappa shape index (κ1) is 17.3. The van der Waals surface area contributed by atoms with Crippen LogP contribution in [0.15, 0.2) is 54.7 Å². The molecule has 1 aromatic heterocycles. The number of carbonyl (C=O) groups excluding carboxylic acids is 2. The van der Waals surface area contributed by atoms with E-state index in [2.05, 4.69) is 4.98 Å². The van der Waals surface area contributed by atoms with Gasteiger partial charge in [-0.25, -0.2) is 4.79 Å². The molecule has 4 rings (SSSR count). The average Bonchev–Trinajstić information content (AvgIpc) is 3.33. The minimum absolute atomic E-state index is 0.0268. The van der Waals surface area contributed by atoms with Crippen molar-refractivity contribution in [1.82, 2.24) is 9.88 Å². The molecule has 138 valence electrons. The van der Waals surface area contributed by atoms with Crippen molar-refractivity contribution in [1.29, 1.82) is 0 Å². The highest BCUT2D eigenvalue weighted by Crippen LogP contribution is 2.27. The second-order valence-corrected chi connectivity index (χ2v) is 7.01. The highest BCUT2D eigenvalue weighted by atomic mass is 16.6. The minimum Gasteiger partial charge on any atom is -0.445 e. The zero-order chi connectivity index (χ0) is 18.8. The van der Waals surface area contributed by atoms with Gasteiger partial charge in [0.25, 0.3) is 0 Å². The third-order valence-electron chi connectivity index (χ3n) is 5.10. The van der Waals surface area contributed by atoms with Crippen LogP contribution in [0.25, 0.3) is 10.9 Å². The molecule has 1 aliphatic rings. The number of carbonyl (C=O) groups is 2. The van der Waals surface area contributed by atoms with Gasteiger partial charge in [0.15, 0.2) is 5.78 Å². The van der Waals surface area contributed by atoms with Crippen molar-refractivity contribution in [2.24, 2.45) is 0 Å². The summed E-state index contributed by atoms with van der Waals surface area (Å²) in [7, 11) is 0. The zero-order valence-corrected chi connectivity index (χ0v) is 15.3. The fourth-order valence-electron chi connectivity index (χ4n) is 3.68. The SMILES string of the molecule is Cc1ccc2[nH]cc(C(=O)[C@H]3CCCN3C(=O)OCc3ccccc3)c2c1. The van der Waals surface area contributed by atoms with E-state index in [9.17, 15) is 9.59 Å². The number of rotatable bonds is 4. The fraction of sp³-hybridized carbons (Fsp3) is 0.273. The van der Waals surface area contributed by atoms with Crippen LogP contribution >= 0.6 is 0 Å². The number of Topliss-reactive ketones (excluding diaryl/α,β-unsaturated/α-hetero) is 1. The highest BCUT2D eigenvalue weighted by Gasteiger charge is 2.36. The van der Waals surface area contributed by atoms with Gasteiger partial charge in [0.1, 0.15) is 6.61 Å². The van der Waals surface area contributed by atoms with Gasteiger partial charge in [-0.15, -0.1) is 0 Å². The Kier molecular flexibility index (Phi) is 4.67. The molecule has 0 unspecified atom stereocenters. The lowest BCUT2D eigenvalue weighted by atomic mass is 10.0. The monoisotopic (exact) mass is 362 g/mol. The summed E-state index contributed by atoms with van der Waals surface area (Å²) < 4.78 is 5.44. The van der Waals surface area contributed by atoms with Gasteiger partial charge in [-0.2, -0.15) is 0 Å². The number of aromatic amines is 1. The summed E-state index contributed by atoms with van der Waals surface area (Å²) in [4.78, 5) is 30.4. The van der Waals surface area contributed by atoms with Gasteiger partial charge >= 0.3 is 6.09 Å². The van der Waals surface area contributed by atoms with Crippen LogP contribution in [0.4, 0.5) is 4.79 Å². The normalized spacial score (nSPS) is 16.6. The van der Waals surface area contributed by atoms with E-state index in [0.29, 0.717) is 18.5 Å². The third-order valence-corrected chi connectivity index (χ3v) is 5.10. The molecule has 2 aromatic carbocycles. The molecule has 1 atom stereocenters. The molecule has 2 heterocycles. The summed E-state index contributed by atoms with van der Waals surface area (Å²) in [5, 5.41) is 0.907. The van der Waals surface area contributed by atoms with Crippen molar-refractivity contribution in [2.45, 2.75) is 32.4 Å². The molecule has 0 radical (unpaired) electrons. The zero-order valence-electron chi connectivity index (χ0n) is 15.3. The number of H-pyrrole nitrogens is 1. The number of amides is 1. The van der Waals surface area contributed by atoms with Crippen LogP contribution in [-0.4, -0.2) is 34.3 Å². The highest BCUT2D eigenvalue weighted by molar-refractivity contribution is 6.11. The van der Waals surface area contributed by atoms with Crippen LogP contribution in [0.3, 0.4) is 0 Å². The van der Waals surface area contributed by atoms with Crippen molar-refractivity contribution in [3.63, 3.8) is 0 Å². The van der Waals surface area contributed by atoms with Crippen LogP contribution in [0, 0.1) is 6.92 Å². The molecular formula is C22H22N2O3. The Morgan fingerprint density at radius 2 is 2.00 bits per heavy atom. The maximum atomic E-state index is 13.2. The Hall–Kier alpha value is -3.08. The van der Waals surface area contributed by atoms with Gasteiger partial charge in [0.05, 0.1) is 6.04 Å². The first-order valence-corrected chi connectivity index (χ1v) is 9.23. The summed E-state index contributed by atoms with van der Waals surface area (Å²) in [5.41, 5.74) is 3.60. The van der Waals surface area contributed by atoms with Crippen molar-refractivity contribution in [3.05, 3.63) is 71.4 Å². The van der Waals surface area contributed by atoms with Crippen molar-refractivity contribution in [3.8, 4) is 0 Å². The van der Waals surface area contributed by atoms with Gasteiger partial charge < -0.3 is 9.72 Å². The van der Waals surface area contributed by atoms with Gasteiger partial charge in [0.2, 0.25) is 0 Å². The van der Waals surface area contributed by atoms with Crippen LogP contribution in [0.1, 0.15) is 34.3 Å². The summed E-state index contributed by atoms with van der Waals surface area (Å²) in [6.45, 7) is 2.76. The molecule has 3 aromatic rings. The lowest BCUT2D eigenvalue weighted by molar-refractivity contribution is 0.0739. The van der Waals surface area contributed by atoms with E-state index in [4.69, 9.17) is 4.74 Å². The average molecular weight is 362 g/mol. The van der Waals surface area contributed by atoms with E-state index < -0.39 is 12.1 Å². The van der Waals surface area contributed by atoms with Crippen molar-refractivity contribution >= 4 is 22.8 Å². The Labute approximate surface area is 157 Å². The standard InChI is InChI=1S/C22H22N2O3/c1-15-9-10-19-17(12-15)18(13-23-19)21(25)20-8-5-11-24(20)22(26)27-14-16-6-3-2-4-7-16/h2-4,6-7,9-10,12-13,20,23H,5,8,11,14H2,1H3/t20-/m1/s1. The van der Waals surface area contributed by atoms with Gasteiger partial charge in [-0.3, -0.25) is 9.69 Å². The minimum atomic E-state index is -0.465. The quantitative estimate of drug-likeness (QED) is 0.697. The Morgan fingerprint density at radius 3 is 2.81 bits per heavy atom. The number of hydrogen-bond acceptors (Lipinski definition) is 3. The molecule has 0 aliphatic carbocycles. The van der Waals surface area contributed by atoms with Crippen LogP contribution in [0.2, 0.25) is 0 Å². The van der Waals surface area contributed by atoms with Crippen LogP contribution in [0.5, 0.6) is 0 Å². The molecule has 1 N–H and O–H groups in total. The fourth-order valence-corrected chi connectivity index (χ4v) is 3.68. The summed E-state index contributed by atoms with van der Waals surface area (Å²) in [5.74, 6) is -0.0268. The van der Waals surface area contributed by atoms with E-state index in [0.717, 1.165) is 28.5 Å². The number of fused-ring (bicyclic) bond motifs is 1. The molecule has 0 bridgehead atoms. The second kappa shape index (κ2) is 7.27. The van der Waals surface area contributed by atoms with E-state index in [1.54, 1.807) is 11.1 Å². The number of nitrogens with zero attached hydrogens (tertiary/aromatic N) is 1. The third kappa shape index (κ3) is 3.45. The molecule has 5 heteroatoms. The largest absolute Gasteiger partial charge is 0.445 e. The molecule has 0 spiro atoms. The van der Waals surface area contributed by atoms with Crippen LogP contribution < -0.4 is 0 Å². The van der Waals surface area contributed by atoms with Crippen LogP contribution in [-0.2, 0) is 11.3 Å². The number of aromatic nitrogens is 1. The van der Waals surface area contributed by atoms with E-state index >= 15 is 0 Å². The maximum Gasteiger partial charge on any atom is 0.410 e. The topological polar surface area (TPSA) is 62.4 Å². The number of likely N-dealkylation sites (tertiary alicyclic amines) is 1. The molecular weight excluding hydrogens is 340 g/mol. The number of benzene rings is 2. The molecule has 27 heavy (non-hydrogen) atoms. The number of ketones is 1. The number of ether oxygens (including phenoxy) is 1. The van der Waals surface area contributed by atoms with Gasteiger partial charge in [0, 0.05) is 29.2 Å². The van der Waals surface area contributed by atoms with Gasteiger partial charge in [-0.1, -0.05) is 42.0 Å². The molecule has 0 saturated carbocycles. The predicted molar refractivity (Wildman–Crippen MR) is 104 cm³/mol. The first-order chi connectivity index (χ1) is 13.1. The molecule has 5 nitrogen and oxygen atoms in total. The van der Waals surface area contributed by atoms with Crippen molar-refractivity contribution < 1.29 is 14.3 Å². The van der Waals surface area contributed by atoms with E-state index in [1.165, 1.54) is 0 Å². The summed E-state index contributed by atoms with van der Waals surface area (Å²) >= 11 is 0.